The molecule has 212 valence electrons. The molecule has 0 spiro atoms. The van der Waals surface area contributed by atoms with Crippen molar-refractivity contribution in [2.24, 2.45) is 0 Å². The van der Waals surface area contributed by atoms with E-state index < -0.39 is 0 Å². The van der Waals surface area contributed by atoms with Crippen LogP contribution in [0, 0.1) is 0 Å². The van der Waals surface area contributed by atoms with Gasteiger partial charge in [-0.3, -0.25) is 10.2 Å². The van der Waals surface area contributed by atoms with E-state index in [-0.39, 0.29) is 33.2 Å². The van der Waals surface area contributed by atoms with Crippen molar-refractivity contribution in [1.29, 1.82) is 0 Å². The molecule has 4 rings (SSSR count). The van der Waals surface area contributed by atoms with Gasteiger partial charge < -0.3 is 0 Å². The molecule has 0 atom stereocenters. The largest absolute Gasteiger partial charge is 0.289 e. The SMILES string of the molecule is CC(C)(C)c1cc(-c2sccc2-c2ccsc2-c2cc(C(C)(C)C)c([O])c(C(C)(C)C)c2)cc(C(C)(C)C)c1[O]. The second-order valence-electron chi connectivity index (χ2n) is 15.1. The van der Waals surface area contributed by atoms with Gasteiger partial charge in [0.05, 0.1) is 0 Å². The van der Waals surface area contributed by atoms with Gasteiger partial charge in [-0.05, 0) is 79.9 Å². The number of benzene rings is 2. The molecule has 2 aromatic heterocycles. The van der Waals surface area contributed by atoms with Crippen molar-refractivity contribution in [1.82, 2.24) is 0 Å². The van der Waals surface area contributed by atoms with E-state index in [9.17, 15) is 10.2 Å². The Labute approximate surface area is 249 Å². The molecule has 40 heavy (non-hydrogen) atoms. The van der Waals surface area contributed by atoms with Crippen LogP contribution in [0.2, 0.25) is 0 Å². The third-order valence-corrected chi connectivity index (χ3v) is 9.48. The third-order valence-electron chi connectivity index (χ3n) is 7.55. The summed E-state index contributed by atoms with van der Waals surface area (Å²) in [5.41, 5.74) is 6.91. The molecule has 2 aromatic carbocycles. The van der Waals surface area contributed by atoms with Crippen molar-refractivity contribution in [2.45, 2.75) is 105 Å². The molecule has 4 heteroatoms. The van der Waals surface area contributed by atoms with Crippen LogP contribution in [0.15, 0.2) is 47.2 Å². The highest BCUT2D eigenvalue weighted by molar-refractivity contribution is 7.15. The molecule has 0 saturated carbocycles. The molecule has 0 N–H and O–H groups in total. The summed E-state index contributed by atoms with van der Waals surface area (Å²) >= 11 is 3.44. The van der Waals surface area contributed by atoms with Gasteiger partial charge in [-0.15, -0.1) is 22.7 Å². The van der Waals surface area contributed by atoms with Gasteiger partial charge in [0.2, 0.25) is 0 Å². The monoisotopic (exact) mass is 572 g/mol. The average molecular weight is 573 g/mol. The number of hydrogen-bond acceptors (Lipinski definition) is 2. The molecule has 0 aliphatic heterocycles. The number of hydrogen-bond donors (Lipinski definition) is 0. The molecule has 0 fully saturated rings. The normalized spacial score (nSPS) is 13.2. The minimum absolute atomic E-state index is 0.153. The lowest BCUT2D eigenvalue weighted by Crippen LogP contribution is -2.17. The second kappa shape index (κ2) is 10.1. The van der Waals surface area contributed by atoms with Gasteiger partial charge in [0.15, 0.2) is 11.5 Å². The van der Waals surface area contributed by atoms with Gasteiger partial charge in [0.1, 0.15) is 0 Å². The first kappa shape index (κ1) is 30.4. The molecule has 0 saturated heterocycles. The molecular weight excluding hydrogens is 529 g/mol. The maximum absolute atomic E-state index is 13.6. The van der Waals surface area contributed by atoms with Crippen LogP contribution in [-0.4, -0.2) is 0 Å². The Kier molecular flexibility index (Phi) is 7.65. The van der Waals surface area contributed by atoms with Crippen LogP contribution in [0.3, 0.4) is 0 Å². The Morgan fingerprint density at radius 3 is 0.925 bits per heavy atom. The van der Waals surface area contributed by atoms with Crippen molar-refractivity contribution in [2.75, 3.05) is 0 Å². The average Bonchev–Trinajstić information content (AvgIpc) is 3.45. The van der Waals surface area contributed by atoms with Crippen LogP contribution in [-0.2, 0) is 31.9 Å². The van der Waals surface area contributed by atoms with E-state index in [1.54, 1.807) is 22.7 Å². The van der Waals surface area contributed by atoms with Gasteiger partial charge in [-0.2, -0.15) is 0 Å². The van der Waals surface area contributed by atoms with Gasteiger partial charge in [0.25, 0.3) is 0 Å². The Morgan fingerprint density at radius 2 is 0.700 bits per heavy atom. The van der Waals surface area contributed by atoms with Crippen molar-refractivity contribution in [3.8, 4) is 43.5 Å². The predicted octanol–water partition coefficient (Wildman–Crippen LogP) is 12.3. The fourth-order valence-corrected chi connectivity index (χ4v) is 7.04. The zero-order chi connectivity index (χ0) is 30.0. The third kappa shape index (κ3) is 5.76. The summed E-state index contributed by atoms with van der Waals surface area (Å²) in [7, 11) is 0. The lowest BCUT2D eigenvalue weighted by atomic mass is 9.77. The Balaban J connectivity index is 1.96. The molecule has 2 radical (unpaired) electrons. The Morgan fingerprint density at radius 1 is 0.450 bits per heavy atom. The highest BCUT2D eigenvalue weighted by Crippen LogP contribution is 2.49. The maximum atomic E-state index is 13.6. The highest BCUT2D eigenvalue weighted by atomic mass is 32.1. The van der Waals surface area contributed by atoms with E-state index in [1.807, 2.05) is 0 Å². The van der Waals surface area contributed by atoms with Crippen LogP contribution in [0.1, 0.15) is 105 Å². The molecular formula is C36H44O2S2. The zero-order valence-corrected chi connectivity index (χ0v) is 27.9. The lowest BCUT2D eigenvalue weighted by Gasteiger charge is -2.27. The minimum Gasteiger partial charge on any atom is -0.289 e. The number of thiophene rings is 2. The summed E-state index contributed by atoms with van der Waals surface area (Å²) in [5, 5.41) is 31.4. The summed E-state index contributed by atoms with van der Waals surface area (Å²) in [6.07, 6.45) is 0. The van der Waals surface area contributed by atoms with E-state index >= 15 is 0 Å². The Bertz CT molecular complexity index is 1350. The molecule has 0 unspecified atom stereocenters. The van der Waals surface area contributed by atoms with Crippen molar-refractivity contribution in [3.63, 3.8) is 0 Å². The van der Waals surface area contributed by atoms with Gasteiger partial charge in [-0.1, -0.05) is 83.1 Å². The van der Waals surface area contributed by atoms with Crippen LogP contribution < -0.4 is 0 Å². The molecule has 0 aliphatic carbocycles. The number of rotatable bonds is 3. The molecule has 0 amide bonds. The second-order valence-corrected chi connectivity index (χ2v) is 17.0. The smallest absolute Gasteiger partial charge is 0.186 e. The fourth-order valence-electron chi connectivity index (χ4n) is 5.24. The molecule has 2 nitrogen and oxygen atoms in total. The summed E-state index contributed by atoms with van der Waals surface area (Å²) in [6.45, 7) is 25.4. The summed E-state index contributed by atoms with van der Waals surface area (Å²) < 4.78 is 0. The summed E-state index contributed by atoms with van der Waals surface area (Å²) in [4.78, 5) is 2.34. The first-order valence-electron chi connectivity index (χ1n) is 14.1. The maximum Gasteiger partial charge on any atom is 0.186 e. The van der Waals surface area contributed by atoms with E-state index in [0.29, 0.717) is 0 Å². The van der Waals surface area contributed by atoms with E-state index in [0.717, 1.165) is 33.4 Å². The van der Waals surface area contributed by atoms with Crippen molar-refractivity contribution in [3.05, 3.63) is 69.4 Å². The standard InChI is InChI=1S/C36H44O2S2/c1-33(2,3)25-17-21(18-26(29(25)37)34(4,5)6)31-23(13-15-39-31)24-14-16-40-32(24)22-19-27(35(7,8)9)30(38)28(20-22)36(10,11)12/h13-20H,1-12H3. The first-order valence-corrected chi connectivity index (χ1v) is 15.9. The molecule has 4 aromatic rings. The summed E-state index contributed by atoms with van der Waals surface area (Å²) in [5.74, 6) is 0.306. The topological polar surface area (TPSA) is 39.8 Å². The van der Waals surface area contributed by atoms with Crippen LogP contribution >= 0.6 is 22.7 Å². The van der Waals surface area contributed by atoms with Gasteiger partial charge in [-0.25, -0.2) is 0 Å². The minimum atomic E-state index is -0.259. The quantitative estimate of drug-likeness (QED) is 0.234. The van der Waals surface area contributed by atoms with Crippen molar-refractivity contribution >= 4 is 22.7 Å². The fraction of sp³-hybridized carbons (Fsp3) is 0.444. The molecule has 0 aliphatic rings. The zero-order valence-electron chi connectivity index (χ0n) is 26.3. The lowest BCUT2D eigenvalue weighted by molar-refractivity contribution is 0.326. The Hall–Kier alpha value is -2.56. The van der Waals surface area contributed by atoms with Gasteiger partial charge >= 0.3 is 0 Å². The highest BCUT2D eigenvalue weighted by Gasteiger charge is 2.31. The molecule has 0 bridgehead atoms. The van der Waals surface area contributed by atoms with Crippen LogP contribution in [0.25, 0.3) is 32.0 Å². The van der Waals surface area contributed by atoms with E-state index in [1.165, 1.54) is 20.9 Å². The van der Waals surface area contributed by atoms with Gasteiger partial charge in [0, 0.05) is 43.1 Å². The van der Waals surface area contributed by atoms with E-state index in [4.69, 9.17) is 0 Å². The van der Waals surface area contributed by atoms with Crippen molar-refractivity contribution < 1.29 is 10.2 Å². The summed E-state index contributed by atoms with van der Waals surface area (Å²) in [6, 6.07) is 12.8. The first-order chi connectivity index (χ1) is 18.2. The van der Waals surface area contributed by atoms with Crippen LogP contribution in [0.4, 0.5) is 0 Å². The van der Waals surface area contributed by atoms with Crippen LogP contribution in [0.5, 0.6) is 11.5 Å². The van der Waals surface area contributed by atoms with E-state index in [2.05, 4.69) is 130 Å². The molecule has 2 heterocycles. The predicted molar refractivity (Wildman–Crippen MR) is 174 cm³/mol.